The second kappa shape index (κ2) is 25.7. The topological polar surface area (TPSA) is 74.6 Å². The van der Waals surface area contributed by atoms with Crippen LogP contribution in [0.25, 0.3) is 0 Å². The largest absolute Gasteiger partial charge is 0.481 e. The first-order chi connectivity index (χ1) is 21.0. The molecule has 0 aliphatic heterocycles. The maximum Gasteiger partial charge on any atom is 0.315 e. The summed E-state index contributed by atoms with van der Waals surface area (Å²) in [6.45, 7) is 4.52. The molecule has 250 valence electrons. The van der Waals surface area contributed by atoms with Gasteiger partial charge in [0.15, 0.2) is 0 Å². The lowest BCUT2D eigenvalue weighted by Gasteiger charge is -2.43. The van der Waals surface area contributed by atoms with Gasteiger partial charge < -0.3 is 10.2 Å². The van der Waals surface area contributed by atoms with Crippen LogP contribution in [0.3, 0.4) is 0 Å². The van der Waals surface area contributed by atoms with E-state index in [4.69, 9.17) is 0 Å². The molecule has 2 atom stereocenters. The van der Waals surface area contributed by atoms with E-state index < -0.39 is 22.8 Å². The first kappa shape index (κ1) is 39.4. The number of carboxylic acid groups (broad SMARTS) is 2. The molecule has 1 aliphatic rings. The third-order valence-electron chi connectivity index (χ3n) is 10.0. The Morgan fingerprint density at radius 3 is 0.814 bits per heavy atom. The Kier molecular flexibility index (Phi) is 23.6. The highest BCUT2D eigenvalue weighted by Gasteiger charge is 2.58. The van der Waals surface area contributed by atoms with Crippen molar-refractivity contribution in [2.24, 2.45) is 10.8 Å². The van der Waals surface area contributed by atoms with Crippen molar-refractivity contribution in [1.29, 1.82) is 0 Å². The van der Waals surface area contributed by atoms with Gasteiger partial charge in [0.05, 0.1) is 0 Å². The predicted molar refractivity (Wildman–Crippen MR) is 184 cm³/mol. The van der Waals surface area contributed by atoms with Gasteiger partial charge in [-0.25, -0.2) is 0 Å². The number of carboxylic acids is 2. The highest BCUT2D eigenvalue weighted by atomic mass is 16.4. The Bertz CT molecular complexity index is 756. The van der Waals surface area contributed by atoms with Gasteiger partial charge in [0, 0.05) is 0 Å². The second-order valence-electron chi connectivity index (χ2n) is 13.6. The van der Waals surface area contributed by atoms with E-state index in [-0.39, 0.29) is 0 Å². The number of hydrogen-bond donors (Lipinski definition) is 2. The van der Waals surface area contributed by atoms with Crippen LogP contribution in [0.15, 0.2) is 24.3 Å². The van der Waals surface area contributed by atoms with Gasteiger partial charge in [-0.1, -0.05) is 212 Å². The van der Waals surface area contributed by atoms with E-state index in [1.807, 2.05) is 0 Å². The van der Waals surface area contributed by atoms with Crippen molar-refractivity contribution >= 4 is 11.9 Å². The molecule has 0 spiro atoms. The lowest BCUT2D eigenvalue weighted by molar-refractivity contribution is -0.167. The van der Waals surface area contributed by atoms with E-state index in [2.05, 4.69) is 13.8 Å². The molecule has 1 aliphatic carbocycles. The molecule has 0 amide bonds. The zero-order valence-electron chi connectivity index (χ0n) is 28.5. The van der Waals surface area contributed by atoms with Crippen LogP contribution in [-0.2, 0) is 9.59 Å². The van der Waals surface area contributed by atoms with E-state index in [1.165, 1.54) is 135 Å². The predicted octanol–water partition coefficient (Wildman–Crippen LogP) is 12.6. The lowest BCUT2D eigenvalue weighted by atomic mass is 9.57. The van der Waals surface area contributed by atoms with Crippen molar-refractivity contribution in [3.8, 4) is 0 Å². The molecule has 4 nitrogen and oxygen atoms in total. The van der Waals surface area contributed by atoms with E-state index in [9.17, 15) is 19.8 Å². The maximum atomic E-state index is 12.7. The minimum atomic E-state index is -1.36. The molecule has 0 radical (unpaired) electrons. The first-order valence-electron chi connectivity index (χ1n) is 18.8. The summed E-state index contributed by atoms with van der Waals surface area (Å²) >= 11 is 0. The zero-order chi connectivity index (χ0) is 31.5. The molecule has 0 bridgehead atoms. The highest BCUT2D eigenvalue weighted by molar-refractivity contribution is 5.90. The van der Waals surface area contributed by atoms with Gasteiger partial charge in [0.1, 0.15) is 10.8 Å². The molecule has 1 rings (SSSR count). The van der Waals surface area contributed by atoms with E-state index in [0.29, 0.717) is 12.8 Å². The quantitative estimate of drug-likeness (QED) is 0.0774. The molecular formula is C39H70O4. The van der Waals surface area contributed by atoms with Crippen LogP contribution in [0.5, 0.6) is 0 Å². The van der Waals surface area contributed by atoms with E-state index >= 15 is 0 Å². The SMILES string of the molecule is CCCCCCCCCCCCCCCCC1(C(=O)O)C=CC=CC1(CCCCCCCCCCCCCCC)C(=O)O. The number of unbranched alkanes of at least 4 members (excludes halogenated alkanes) is 25. The summed E-state index contributed by atoms with van der Waals surface area (Å²) in [5.41, 5.74) is -2.72. The van der Waals surface area contributed by atoms with Gasteiger partial charge in [-0.05, 0) is 12.8 Å². The monoisotopic (exact) mass is 603 g/mol. The molecule has 0 aromatic carbocycles. The molecule has 0 fully saturated rings. The van der Waals surface area contributed by atoms with Crippen molar-refractivity contribution in [2.75, 3.05) is 0 Å². The summed E-state index contributed by atoms with van der Waals surface area (Å²) in [4.78, 5) is 25.5. The van der Waals surface area contributed by atoms with Crippen LogP contribution in [0, 0.1) is 10.8 Å². The summed E-state index contributed by atoms with van der Waals surface area (Å²) in [6.07, 6.45) is 41.1. The summed E-state index contributed by atoms with van der Waals surface area (Å²) in [5.74, 6) is -1.97. The van der Waals surface area contributed by atoms with E-state index in [1.54, 1.807) is 24.3 Å². The van der Waals surface area contributed by atoms with Crippen LogP contribution in [0.4, 0.5) is 0 Å². The van der Waals surface area contributed by atoms with Crippen molar-refractivity contribution in [3.05, 3.63) is 24.3 Å². The minimum Gasteiger partial charge on any atom is -0.481 e. The number of carbonyl (C=O) groups is 2. The van der Waals surface area contributed by atoms with Crippen LogP contribution in [0.1, 0.15) is 200 Å². The minimum absolute atomic E-state index is 0.395. The first-order valence-corrected chi connectivity index (χ1v) is 18.8. The van der Waals surface area contributed by atoms with Crippen LogP contribution >= 0.6 is 0 Å². The van der Waals surface area contributed by atoms with Crippen molar-refractivity contribution in [3.63, 3.8) is 0 Å². The van der Waals surface area contributed by atoms with Gasteiger partial charge in [0.25, 0.3) is 0 Å². The van der Waals surface area contributed by atoms with Crippen molar-refractivity contribution < 1.29 is 19.8 Å². The molecule has 43 heavy (non-hydrogen) atoms. The average Bonchev–Trinajstić information content (AvgIpc) is 3.00. The summed E-state index contributed by atoms with van der Waals surface area (Å²) < 4.78 is 0. The smallest absolute Gasteiger partial charge is 0.315 e. The molecule has 2 unspecified atom stereocenters. The summed E-state index contributed by atoms with van der Waals surface area (Å²) in [6, 6.07) is 0. The van der Waals surface area contributed by atoms with Crippen LogP contribution in [-0.4, -0.2) is 22.2 Å². The normalized spacial score (nSPS) is 19.7. The standard InChI is InChI=1S/C39H70O4/c1-3-5-7-9-11-13-15-17-19-21-23-25-27-29-33-39(37(42)43)35-31-30-34-38(39,36(40)41)32-28-26-24-22-20-18-16-14-12-10-8-6-4-2/h30-31,34-35H,3-29,32-33H2,1-2H3,(H,40,41)(H,42,43). The van der Waals surface area contributed by atoms with E-state index in [0.717, 1.165) is 38.5 Å². The second-order valence-corrected chi connectivity index (χ2v) is 13.6. The van der Waals surface area contributed by atoms with Gasteiger partial charge in [-0.3, -0.25) is 9.59 Å². The molecule has 0 saturated heterocycles. The fourth-order valence-electron chi connectivity index (χ4n) is 7.11. The summed E-state index contributed by atoms with van der Waals surface area (Å²) in [5, 5.41) is 20.9. The third kappa shape index (κ3) is 15.8. The van der Waals surface area contributed by atoms with Gasteiger partial charge in [-0.15, -0.1) is 0 Å². The molecular weight excluding hydrogens is 532 g/mol. The Morgan fingerprint density at radius 1 is 0.395 bits per heavy atom. The molecule has 0 aromatic heterocycles. The Morgan fingerprint density at radius 2 is 0.605 bits per heavy atom. The number of rotatable bonds is 31. The fraction of sp³-hybridized carbons (Fsp3) is 0.846. The Labute approximate surface area is 266 Å². The number of allylic oxidation sites excluding steroid dienone is 2. The fourth-order valence-corrected chi connectivity index (χ4v) is 7.11. The zero-order valence-corrected chi connectivity index (χ0v) is 28.5. The molecule has 4 heteroatoms. The number of hydrogen-bond acceptors (Lipinski definition) is 2. The molecule has 2 N–H and O–H groups in total. The maximum absolute atomic E-state index is 12.7. The highest BCUT2D eigenvalue weighted by Crippen LogP contribution is 2.52. The van der Waals surface area contributed by atoms with Crippen molar-refractivity contribution in [1.82, 2.24) is 0 Å². The number of aliphatic carboxylic acids is 2. The third-order valence-corrected chi connectivity index (χ3v) is 10.0. The molecule has 0 heterocycles. The van der Waals surface area contributed by atoms with Crippen LogP contribution in [0.2, 0.25) is 0 Å². The van der Waals surface area contributed by atoms with Gasteiger partial charge >= 0.3 is 11.9 Å². The molecule has 0 aromatic rings. The van der Waals surface area contributed by atoms with Crippen molar-refractivity contribution in [2.45, 2.75) is 200 Å². The Hall–Kier alpha value is -1.58. The molecule has 0 saturated carbocycles. The van der Waals surface area contributed by atoms with Gasteiger partial charge in [-0.2, -0.15) is 0 Å². The Balaban J connectivity index is 2.35. The lowest BCUT2D eigenvalue weighted by Crippen LogP contribution is -2.51. The summed E-state index contributed by atoms with van der Waals surface area (Å²) in [7, 11) is 0. The van der Waals surface area contributed by atoms with Crippen LogP contribution < -0.4 is 0 Å². The van der Waals surface area contributed by atoms with Gasteiger partial charge in [0.2, 0.25) is 0 Å². The average molecular weight is 603 g/mol.